The number of pyridine rings is 1. The topological polar surface area (TPSA) is 74.1 Å². The van der Waals surface area contributed by atoms with Gasteiger partial charge in [0, 0.05) is 31.3 Å². The molecule has 0 spiro atoms. The number of hydrogen-bond acceptors (Lipinski definition) is 5. The van der Waals surface area contributed by atoms with Crippen LogP contribution in [0.1, 0.15) is 5.69 Å². The van der Waals surface area contributed by atoms with Crippen molar-refractivity contribution in [1.82, 2.24) is 9.38 Å². The van der Waals surface area contributed by atoms with E-state index in [0.717, 1.165) is 11.3 Å². The van der Waals surface area contributed by atoms with Crippen LogP contribution in [0.5, 0.6) is 11.5 Å². The minimum absolute atomic E-state index is 0.0104. The summed E-state index contributed by atoms with van der Waals surface area (Å²) in [6.45, 7) is 0.275. The lowest BCUT2D eigenvalue weighted by Crippen LogP contribution is -2.17. The van der Waals surface area contributed by atoms with Gasteiger partial charge in [0.1, 0.15) is 18.9 Å². The van der Waals surface area contributed by atoms with Crippen LogP contribution in [0.25, 0.3) is 5.65 Å². The number of carbonyl (C=O) groups excluding carboxylic acids is 1. The molecular weight excluding hydrogens is 322 g/mol. The fraction of sp³-hybridized carbons (Fsp3) is 0.222. The molecule has 0 aliphatic heterocycles. The largest absolute Gasteiger partial charge is 0.493 e. The lowest BCUT2D eigenvalue weighted by Gasteiger charge is -2.12. The van der Waals surface area contributed by atoms with Crippen molar-refractivity contribution in [3.05, 3.63) is 54.5 Å². The Morgan fingerprint density at radius 1 is 1.20 bits per heavy atom. The van der Waals surface area contributed by atoms with E-state index in [0.29, 0.717) is 17.2 Å². The maximum atomic E-state index is 11.6. The number of carbonyl (C=O) groups is 1. The molecule has 130 valence electrons. The minimum atomic E-state index is -0.237. The summed E-state index contributed by atoms with van der Waals surface area (Å²) in [4.78, 5) is 16.1. The van der Waals surface area contributed by atoms with Crippen molar-refractivity contribution in [2.75, 3.05) is 26.1 Å². The van der Waals surface area contributed by atoms with Gasteiger partial charge in [-0.3, -0.25) is 4.79 Å². The summed E-state index contributed by atoms with van der Waals surface area (Å²) < 4.78 is 17.9. The average molecular weight is 341 g/mol. The molecule has 0 unspecified atom stereocenters. The molecule has 2 heterocycles. The summed E-state index contributed by atoms with van der Waals surface area (Å²) in [6.07, 6.45) is 3.84. The molecule has 0 radical (unpaired) electrons. The van der Waals surface area contributed by atoms with Crippen LogP contribution in [0.2, 0.25) is 0 Å². The van der Waals surface area contributed by atoms with E-state index in [9.17, 15) is 4.79 Å². The number of ether oxygens (including phenoxy) is 3. The number of nitrogens with zero attached hydrogens (tertiary/aromatic N) is 2. The van der Waals surface area contributed by atoms with E-state index in [1.165, 1.54) is 7.11 Å². The highest BCUT2D eigenvalue weighted by Crippen LogP contribution is 2.30. The van der Waals surface area contributed by atoms with Gasteiger partial charge < -0.3 is 23.9 Å². The highest BCUT2D eigenvalue weighted by molar-refractivity contribution is 5.92. The van der Waals surface area contributed by atoms with Gasteiger partial charge in [0.15, 0.2) is 11.5 Å². The number of benzene rings is 1. The number of amides is 1. The Bertz CT molecular complexity index is 843. The fourth-order valence-corrected chi connectivity index (χ4v) is 2.40. The van der Waals surface area contributed by atoms with E-state index in [4.69, 9.17) is 14.2 Å². The molecule has 3 rings (SSSR count). The predicted molar refractivity (Wildman–Crippen MR) is 93.0 cm³/mol. The fourth-order valence-electron chi connectivity index (χ4n) is 2.40. The third-order valence-electron chi connectivity index (χ3n) is 3.51. The molecule has 1 amide bonds. The van der Waals surface area contributed by atoms with E-state index in [2.05, 4.69) is 10.3 Å². The van der Waals surface area contributed by atoms with Crippen molar-refractivity contribution in [2.24, 2.45) is 0 Å². The molecule has 0 bridgehead atoms. The molecule has 0 aliphatic rings. The van der Waals surface area contributed by atoms with Gasteiger partial charge in [-0.2, -0.15) is 0 Å². The van der Waals surface area contributed by atoms with Crippen molar-refractivity contribution >= 4 is 17.2 Å². The van der Waals surface area contributed by atoms with Crippen LogP contribution in [0.4, 0.5) is 5.69 Å². The second-order valence-corrected chi connectivity index (χ2v) is 5.33. The van der Waals surface area contributed by atoms with Crippen molar-refractivity contribution in [3.8, 4) is 11.5 Å². The van der Waals surface area contributed by atoms with E-state index in [1.807, 2.05) is 35.0 Å². The van der Waals surface area contributed by atoms with Crippen LogP contribution >= 0.6 is 0 Å². The number of rotatable bonds is 7. The Labute approximate surface area is 145 Å². The third-order valence-corrected chi connectivity index (χ3v) is 3.51. The standard InChI is InChI=1S/C18H19N3O4/c1-23-12-18(22)20-13-6-7-15(24-2)16(9-13)25-11-14-10-21-8-4-3-5-17(21)19-14/h3-10H,11-12H2,1-2H3,(H,20,22). The van der Waals surface area contributed by atoms with Gasteiger partial charge in [0.05, 0.1) is 12.8 Å². The van der Waals surface area contributed by atoms with E-state index in [1.54, 1.807) is 25.3 Å². The van der Waals surface area contributed by atoms with Gasteiger partial charge in [-0.15, -0.1) is 0 Å². The Morgan fingerprint density at radius 2 is 2.08 bits per heavy atom. The summed E-state index contributed by atoms with van der Waals surface area (Å²) >= 11 is 0. The van der Waals surface area contributed by atoms with E-state index < -0.39 is 0 Å². The molecule has 2 aromatic heterocycles. The second-order valence-electron chi connectivity index (χ2n) is 5.33. The van der Waals surface area contributed by atoms with Crippen LogP contribution < -0.4 is 14.8 Å². The van der Waals surface area contributed by atoms with Gasteiger partial charge in [0.25, 0.3) is 0 Å². The zero-order valence-electron chi connectivity index (χ0n) is 14.1. The number of nitrogens with one attached hydrogen (secondary N) is 1. The van der Waals surface area contributed by atoms with Crippen LogP contribution in [-0.4, -0.2) is 36.1 Å². The molecule has 1 aromatic carbocycles. The number of imidazole rings is 1. The lowest BCUT2D eigenvalue weighted by atomic mass is 10.2. The molecule has 25 heavy (non-hydrogen) atoms. The highest BCUT2D eigenvalue weighted by atomic mass is 16.5. The predicted octanol–water partition coefficient (Wildman–Crippen LogP) is 2.51. The van der Waals surface area contributed by atoms with Gasteiger partial charge >= 0.3 is 0 Å². The number of anilines is 1. The first kappa shape index (κ1) is 16.8. The Morgan fingerprint density at radius 3 is 2.84 bits per heavy atom. The average Bonchev–Trinajstić information content (AvgIpc) is 3.03. The Balaban J connectivity index is 1.74. The number of fused-ring (bicyclic) bond motifs is 1. The summed E-state index contributed by atoms with van der Waals surface area (Å²) in [5, 5.41) is 2.73. The number of aromatic nitrogens is 2. The van der Waals surface area contributed by atoms with Crippen LogP contribution in [0, 0.1) is 0 Å². The van der Waals surface area contributed by atoms with Crippen molar-refractivity contribution < 1.29 is 19.0 Å². The SMILES string of the molecule is COCC(=O)Nc1ccc(OC)c(OCc2cn3ccccc3n2)c1. The van der Waals surface area contributed by atoms with Gasteiger partial charge in [-0.05, 0) is 24.3 Å². The van der Waals surface area contributed by atoms with Crippen molar-refractivity contribution in [1.29, 1.82) is 0 Å². The Hall–Kier alpha value is -3.06. The van der Waals surface area contributed by atoms with E-state index in [-0.39, 0.29) is 19.1 Å². The molecule has 0 atom stereocenters. The molecule has 0 fully saturated rings. The van der Waals surface area contributed by atoms with Crippen molar-refractivity contribution in [3.63, 3.8) is 0 Å². The van der Waals surface area contributed by atoms with Gasteiger partial charge in [-0.1, -0.05) is 6.07 Å². The zero-order chi connectivity index (χ0) is 17.6. The molecule has 3 aromatic rings. The molecule has 0 aliphatic carbocycles. The minimum Gasteiger partial charge on any atom is -0.493 e. The van der Waals surface area contributed by atoms with Gasteiger partial charge in [-0.25, -0.2) is 4.98 Å². The number of methoxy groups -OCH3 is 2. The summed E-state index contributed by atoms with van der Waals surface area (Å²) in [7, 11) is 3.03. The highest BCUT2D eigenvalue weighted by Gasteiger charge is 2.10. The van der Waals surface area contributed by atoms with Crippen LogP contribution in [0.15, 0.2) is 48.8 Å². The smallest absolute Gasteiger partial charge is 0.250 e. The summed E-state index contributed by atoms with van der Waals surface area (Å²) in [6, 6.07) is 11.0. The molecule has 0 saturated heterocycles. The first-order valence-electron chi connectivity index (χ1n) is 7.72. The molecule has 1 N–H and O–H groups in total. The third kappa shape index (κ3) is 4.07. The first-order chi connectivity index (χ1) is 12.2. The lowest BCUT2D eigenvalue weighted by molar-refractivity contribution is -0.119. The monoisotopic (exact) mass is 341 g/mol. The quantitative estimate of drug-likeness (QED) is 0.715. The maximum Gasteiger partial charge on any atom is 0.250 e. The van der Waals surface area contributed by atoms with Crippen LogP contribution in [0.3, 0.4) is 0 Å². The number of hydrogen-bond donors (Lipinski definition) is 1. The summed E-state index contributed by atoms with van der Waals surface area (Å²) in [5.41, 5.74) is 2.25. The van der Waals surface area contributed by atoms with Gasteiger partial charge in [0.2, 0.25) is 5.91 Å². The summed E-state index contributed by atoms with van der Waals surface area (Å²) in [5.74, 6) is 0.863. The first-order valence-corrected chi connectivity index (χ1v) is 7.72. The van der Waals surface area contributed by atoms with Crippen LogP contribution in [-0.2, 0) is 16.1 Å². The zero-order valence-corrected chi connectivity index (χ0v) is 14.1. The Kier molecular flexibility index (Phi) is 5.15. The second kappa shape index (κ2) is 7.67. The molecule has 7 nitrogen and oxygen atoms in total. The molecule has 7 heteroatoms. The van der Waals surface area contributed by atoms with E-state index >= 15 is 0 Å². The molecule has 0 saturated carbocycles. The molecular formula is C18H19N3O4. The maximum absolute atomic E-state index is 11.6. The van der Waals surface area contributed by atoms with Crippen molar-refractivity contribution in [2.45, 2.75) is 6.61 Å². The normalized spacial score (nSPS) is 10.6.